The zero-order valence-electron chi connectivity index (χ0n) is 9.51. The van der Waals surface area contributed by atoms with Gasteiger partial charge in [-0.05, 0) is 37.8 Å². The molecule has 0 aromatic rings. The van der Waals surface area contributed by atoms with Crippen LogP contribution in [0.5, 0.6) is 0 Å². The number of nitrogens with two attached hydrogens (primary N) is 1. The fraction of sp³-hybridized carbons (Fsp3) is 1.00. The molecule has 1 aliphatic heterocycles. The van der Waals surface area contributed by atoms with Gasteiger partial charge in [0.2, 0.25) is 0 Å². The van der Waals surface area contributed by atoms with Crippen molar-refractivity contribution in [1.82, 2.24) is 4.90 Å². The summed E-state index contributed by atoms with van der Waals surface area (Å²) < 4.78 is 0. The van der Waals surface area contributed by atoms with Gasteiger partial charge in [0.25, 0.3) is 0 Å². The number of hydrogen-bond donors (Lipinski definition) is 1. The third kappa shape index (κ3) is 2.68. The van der Waals surface area contributed by atoms with Crippen molar-refractivity contribution in [3.63, 3.8) is 0 Å². The summed E-state index contributed by atoms with van der Waals surface area (Å²) in [6.07, 6.45) is 1.33. The van der Waals surface area contributed by atoms with E-state index in [0.29, 0.717) is 17.4 Å². The van der Waals surface area contributed by atoms with Gasteiger partial charge in [-0.15, -0.1) is 0 Å². The molecule has 1 heterocycles. The van der Waals surface area contributed by atoms with E-state index in [9.17, 15) is 0 Å². The van der Waals surface area contributed by atoms with Gasteiger partial charge in [0.05, 0.1) is 0 Å². The lowest BCUT2D eigenvalue weighted by Crippen LogP contribution is -2.39. The molecule has 0 aromatic heterocycles. The van der Waals surface area contributed by atoms with Gasteiger partial charge < -0.3 is 5.73 Å². The van der Waals surface area contributed by atoms with E-state index in [-0.39, 0.29) is 0 Å². The van der Waals surface area contributed by atoms with Crippen molar-refractivity contribution in [1.29, 1.82) is 0 Å². The van der Waals surface area contributed by atoms with Crippen LogP contribution in [0.15, 0.2) is 0 Å². The summed E-state index contributed by atoms with van der Waals surface area (Å²) >= 11 is 0. The maximum absolute atomic E-state index is 5.68. The molecule has 2 heteroatoms. The van der Waals surface area contributed by atoms with Crippen molar-refractivity contribution in [2.45, 2.75) is 40.2 Å². The smallest absolute Gasteiger partial charge is 0.0105 e. The topological polar surface area (TPSA) is 29.3 Å². The number of hydrogen-bond acceptors (Lipinski definition) is 2. The van der Waals surface area contributed by atoms with Gasteiger partial charge in [0.15, 0.2) is 0 Å². The first-order valence-electron chi connectivity index (χ1n) is 5.40. The highest BCUT2D eigenvalue weighted by atomic mass is 15.2. The Kier molecular flexibility index (Phi) is 3.36. The molecule has 0 spiro atoms. The van der Waals surface area contributed by atoms with Crippen molar-refractivity contribution in [3.8, 4) is 0 Å². The molecule has 2 atom stereocenters. The minimum atomic E-state index is 0.516. The Morgan fingerprint density at radius 3 is 2.38 bits per heavy atom. The summed E-state index contributed by atoms with van der Waals surface area (Å²) in [5.41, 5.74) is 6.20. The molecule has 1 saturated heterocycles. The van der Waals surface area contributed by atoms with Crippen LogP contribution in [-0.2, 0) is 0 Å². The molecule has 1 fully saturated rings. The zero-order chi connectivity index (χ0) is 10.1. The van der Waals surface area contributed by atoms with Crippen molar-refractivity contribution >= 4 is 0 Å². The molecule has 0 radical (unpaired) electrons. The predicted octanol–water partition coefficient (Wildman–Crippen LogP) is 1.70. The van der Waals surface area contributed by atoms with Crippen LogP contribution in [0.3, 0.4) is 0 Å². The summed E-state index contributed by atoms with van der Waals surface area (Å²) in [5, 5.41) is 0. The lowest BCUT2D eigenvalue weighted by Gasteiger charge is -2.30. The average Bonchev–Trinajstić information content (AvgIpc) is 2.43. The zero-order valence-corrected chi connectivity index (χ0v) is 9.51. The van der Waals surface area contributed by atoms with Crippen LogP contribution in [0.25, 0.3) is 0 Å². The molecule has 2 N–H and O–H groups in total. The molecule has 13 heavy (non-hydrogen) atoms. The monoisotopic (exact) mass is 184 g/mol. The molecule has 0 aromatic carbocycles. The fourth-order valence-electron chi connectivity index (χ4n) is 2.06. The van der Waals surface area contributed by atoms with Gasteiger partial charge >= 0.3 is 0 Å². The maximum atomic E-state index is 5.68. The molecular weight excluding hydrogens is 160 g/mol. The third-order valence-corrected chi connectivity index (χ3v) is 3.48. The maximum Gasteiger partial charge on any atom is 0.0105 e. The first-order chi connectivity index (χ1) is 5.96. The van der Waals surface area contributed by atoms with E-state index in [1.54, 1.807) is 0 Å². The highest BCUT2D eigenvalue weighted by Crippen LogP contribution is 2.31. The molecule has 2 nitrogen and oxygen atoms in total. The molecule has 0 amide bonds. The molecule has 0 aliphatic carbocycles. The van der Waals surface area contributed by atoms with Crippen molar-refractivity contribution in [2.24, 2.45) is 17.1 Å². The van der Waals surface area contributed by atoms with Crippen molar-refractivity contribution in [3.05, 3.63) is 0 Å². The van der Waals surface area contributed by atoms with E-state index < -0.39 is 0 Å². The Balaban J connectivity index is 2.46. The van der Waals surface area contributed by atoms with Crippen LogP contribution >= 0.6 is 0 Å². The molecule has 1 aliphatic rings. The van der Waals surface area contributed by atoms with Gasteiger partial charge in [0, 0.05) is 12.6 Å². The van der Waals surface area contributed by atoms with Crippen molar-refractivity contribution < 1.29 is 0 Å². The normalized spacial score (nSPS) is 27.5. The SMILES string of the molecule is CC(CN)C(C)N1CCC(C)(C)C1. The minimum absolute atomic E-state index is 0.516. The van der Waals surface area contributed by atoms with Gasteiger partial charge in [-0.2, -0.15) is 0 Å². The second-order valence-electron chi connectivity index (χ2n) is 5.34. The lowest BCUT2D eigenvalue weighted by atomic mass is 9.93. The quantitative estimate of drug-likeness (QED) is 0.723. The largest absolute Gasteiger partial charge is 0.330 e. The highest BCUT2D eigenvalue weighted by molar-refractivity contribution is 4.86. The molecular formula is C11H24N2. The van der Waals surface area contributed by atoms with Crippen LogP contribution in [-0.4, -0.2) is 30.6 Å². The molecule has 0 bridgehead atoms. The van der Waals surface area contributed by atoms with Crippen LogP contribution in [0.2, 0.25) is 0 Å². The first-order valence-corrected chi connectivity index (χ1v) is 5.40. The van der Waals surface area contributed by atoms with Crippen molar-refractivity contribution in [2.75, 3.05) is 19.6 Å². The Morgan fingerprint density at radius 1 is 1.38 bits per heavy atom. The average molecular weight is 184 g/mol. The Bertz CT molecular complexity index is 165. The van der Waals surface area contributed by atoms with E-state index >= 15 is 0 Å². The molecule has 78 valence electrons. The summed E-state index contributed by atoms with van der Waals surface area (Å²) in [5.74, 6) is 0.619. The van der Waals surface area contributed by atoms with Gasteiger partial charge in [-0.25, -0.2) is 0 Å². The second-order valence-corrected chi connectivity index (χ2v) is 5.34. The van der Waals surface area contributed by atoms with Gasteiger partial charge in [-0.3, -0.25) is 4.90 Å². The van der Waals surface area contributed by atoms with E-state index in [0.717, 1.165) is 6.54 Å². The number of likely N-dealkylation sites (tertiary alicyclic amines) is 1. The van der Waals surface area contributed by atoms with E-state index in [4.69, 9.17) is 5.73 Å². The summed E-state index contributed by atoms with van der Waals surface area (Å²) in [4.78, 5) is 2.58. The van der Waals surface area contributed by atoms with Gasteiger partial charge in [-0.1, -0.05) is 20.8 Å². The molecule has 0 saturated carbocycles. The van der Waals surface area contributed by atoms with E-state index in [1.165, 1.54) is 19.5 Å². The third-order valence-electron chi connectivity index (χ3n) is 3.48. The van der Waals surface area contributed by atoms with Gasteiger partial charge in [0.1, 0.15) is 0 Å². The lowest BCUT2D eigenvalue weighted by molar-refractivity contribution is 0.183. The standard InChI is InChI=1S/C11H24N2/c1-9(7-12)10(2)13-6-5-11(3,4)8-13/h9-10H,5-8,12H2,1-4H3. The summed E-state index contributed by atoms with van der Waals surface area (Å²) in [7, 11) is 0. The van der Waals surface area contributed by atoms with E-state index in [1.807, 2.05) is 0 Å². The Hall–Kier alpha value is -0.0800. The minimum Gasteiger partial charge on any atom is -0.330 e. The van der Waals surface area contributed by atoms with E-state index in [2.05, 4.69) is 32.6 Å². The van der Waals surface area contributed by atoms with Crippen LogP contribution in [0, 0.1) is 11.3 Å². The fourth-order valence-corrected chi connectivity index (χ4v) is 2.06. The summed E-state index contributed by atoms with van der Waals surface area (Å²) in [6, 6.07) is 0.645. The van der Waals surface area contributed by atoms with Crippen LogP contribution < -0.4 is 5.73 Å². The predicted molar refractivity (Wildman–Crippen MR) is 57.7 cm³/mol. The second kappa shape index (κ2) is 3.97. The number of rotatable bonds is 3. The summed E-state index contributed by atoms with van der Waals surface area (Å²) in [6.45, 7) is 12.5. The molecule has 2 unspecified atom stereocenters. The van der Waals surface area contributed by atoms with Crippen LogP contribution in [0.4, 0.5) is 0 Å². The Labute approximate surface area is 82.5 Å². The van der Waals surface area contributed by atoms with Crippen LogP contribution in [0.1, 0.15) is 34.1 Å². The first kappa shape index (κ1) is 11.0. The highest BCUT2D eigenvalue weighted by Gasteiger charge is 2.32. The number of nitrogens with zero attached hydrogens (tertiary/aromatic N) is 1. The Morgan fingerprint density at radius 2 is 2.00 bits per heavy atom. The molecule has 1 rings (SSSR count).